The maximum atomic E-state index is 12.7. The molecule has 3 rings (SSSR count). The van der Waals surface area contributed by atoms with E-state index < -0.39 is 10.0 Å². The molecule has 7 heteroatoms. The summed E-state index contributed by atoms with van der Waals surface area (Å²) in [7, 11) is -3.75. The summed E-state index contributed by atoms with van der Waals surface area (Å²) >= 11 is 5.15. The number of fused-ring (bicyclic) bond motifs is 1. The van der Waals surface area contributed by atoms with Crippen molar-refractivity contribution < 1.29 is 13.5 Å². The van der Waals surface area contributed by atoms with Crippen LogP contribution >= 0.6 is 12.2 Å². The van der Waals surface area contributed by atoms with Crippen LogP contribution in [0.4, 0.5) is 0 Å². The first-order valence-corrected chi connectivity index (χ1v) is 8.04. The van der Waals surface area contributed by atoms with Gasteiger partial charge in [0, 0.05) is 0 Å². The van der Waals surface area contributed by atoms with Crippen molar-refractivity contribution in [2.24, 2.45) is 0 Å². The molecule has 0 saturated carbocycles. The van der Waals surface area contributed by atoms with Crippen LogP contribution in [0.2, 0.25) is 0 Å². The van der Waals surface area contributed by atoms with Gasteiger partial charge < -0.3 is 10.1 Å². The maximum Gasteiger partial charge on any atom is 0.270 e. The molecule has 5 nitrogen and oxygen atoms in total. The fraction of sp³-hybridized carbons (Fsp3) is 0.0714. The van der Waals surface area contributed by atoms with Gasteiger partial charge in [-0.1, -0.05) is 24.3 Å². The molecule has 3 aromatic rings. The second kappa shape index (κ2) is 5.10. The van der Waals surface area contributed by atoms with E-state index in [0.717, 1.165) is 3.97 Å². The van der Waals surface area contributed by atoms with Gasteiger partial charge in [0.2, 0.25) is 0 Å². The van der Waals surface area contributed by atoms with Crippen LogP contribution in [0.1, 0.15) is 5.56 Å². The summed E-state index contributed by atoms with van der Waals surface area (Å²) in [6, 6.07) is 13.1. The van der Waals surface area contributed by atoms with Gasteiger partial charge in [0.1, 0.15) is 0 Å². The molecule has 0 radical (unpaired) electrons. The lowest BCUT2D eigenvalue weighted by Gasteiger charge is -2.06. The number of aromatic amines is 1. The number of aromatic nitrogens is 2. The Morgan fingerprint density at radius 3 is 2.52 bits per heavy atom. The summed E-state index contributed by atoms with van der Waals surface area (Å²) < 4.78 is 26.6. The number of hydrogen-bond donors (Lipinski definition) is 2. The van der Waals surface area contributed by atoms with Gasteiger partial charge >= 0.3 is 0 Å². The van der Waals surface area contributed by atoms with Crippen molar-refractivity contribution in [3.05, 3.63) is 58.9 Å². The number of aliphatic hydroxyl groups is 1. The molecule has 0 fully saturated rings. The highest BCUT2D eigenvalue weighted by atomic mass is 32.2. The van der Waals surface area contributed by atoms with Gasteiger partial charge in [-0.05, 0) is 42.0 Å². The first-order chi connectivity index (χ1) is 10.0. The molecule has 0 aliphatic rings. The zero-order valence-corrected chi connectivity index (χ0v) is 12.5. The van der Waals surface area contributed by atoms with Crippen LogP contribution in [0.25, 0.3) is 11.0 Å². The van der Waals surface area contributed by atoms with Crippen LogP contribution in [-0.4, -0.2) is 22.5 Å². The number of imidazole rings is 1. The Morgan fingerprint density at radius 2 is 1.86 bits per heavy atom. The molecule has 0 saturated heterocycles. The fourth-order valence-corrected chi connectivity index (χ4v) is 4.07. The van der Waals surface area contributed by atoms with Gasteiger partial charge in [-0.3, -0.25) is 0 Å². The van der Waals surface area contributed by atoms with E-state index in [0.29, 0.717) is 16.6 Å². The van der Waals surface area contributed by atoms with Gasteiger partial charge in [-0.15, -0.1) is 0 Å². The van der Waals surface area contributed by atoms with E-state index in [9.17, 15) is 8.42 Å². The van der Waals surface area contributed by atoms with Crippen LogP contribution in [-0.2, 0) is 16.6 Å². The molecule has 0 aliphatic heterocycles. The number of H-pyrrole nitrogens is 1. The second-order valence-electron chi connectivity index (χ2n) is 4.52. The lowest BCUT2D eigenvalue weighted by Crippen LogP contribution is -2.12. The Morgan fingerprint density at radius 1 is 1.14 bits per heavy atom. The Kier molecular flexibility index (Phi) is 3.40. The maximum absolute atomic E-state index is 12.7. The predicted molar refractivity (Wildman–Crippen MR) is 82.1 cm³/mol. The largest absolute Gasteiger partial charge is 0.392 e. The van der Waals surface area contributed by atoms with Crippen molar-refractivity contribution >= 4 is 33.3 Å². The van der Waals surface area contributed by atoms with Gasteiger partial charge in [0.25, 0.3) is 10.0 Å². The Hall–Kier alpha value is -1.96. The number of aliphatic hydroxyl groups excluding tert-OH is 1. The van der Waals surface area contributed by atoms with E-state index in [1.165, 1.54) is 12.1 Å². The van der Waals surface area contributed by atoms with E-state index in [-0.39, 0.29) is 16.3 Å². The number of nitrogens with one attached hydrogen (secondary N) is 1. The Balaban J connectivity index is 2.31. The predicted octanol–water partition coefficient (Wildman–Crippen LogP) is 2.43. The highest BCUT2D eigenvalue weighted by Gasteiger charge is 2.20. The summed E-state index contributed by atoms with van der Waals surface area (Å²) in [5.74, 6) is 0. The van der Waals surface area contributed by atoms with Crippen molar-refractivity contribution in [3.8, 4) is 0 Å². The molecular weight excluding hydrogens is 308 g/mol. The van der Waals surface area contributed by atoms with Crippen molar-refractivity contribution in [1.29, 1.82) is 0 Å². The monoisotopic (exact) mass is 320 g/mol. The van der Waals surface area contributed by atoms with Gasteiger partial charge in [-0.25, -0.2) is 12.4 Å². The zero-order valence-electron chi connectivity index (χ0n) is 10.9. The number of nitrogens with zero attached hydrogens (tertiary/aromatic N) is 1. The Bertz CT molecular complexity index is 957. The minimum atomic E-state index is -3.75. The third kappa shape index (κ3) is 2.29. The average molecular weight is 320 g/mol. The average Bonchev–Trinajstić information content (AvgIpc) is 2.83. The number of rotatable bonds is 3. The summed E-state index contributed by atoms with van der Waals surface area (Å²) in [6.07, 6.45) is 0. The zero-order chi connectivity index (χ0) is 15.0. The second-order valence-corrected chi connectivity index (χ2v) is 6.70. The molecule has 0 unspecified atom stereocenters. The first-order valence-electron chi connectivity index (χ1n) is 6.19. The van der Waals surface area contributed by atoms with Gasteiger partial charge in [0.15, 0.2) is 4.77 Å². The molecule has 1 heterocycles. The number of hydrogen-bond acceptors (Lipinski definition) is 4. The van der Waals surface area contributed by atoms with E-state index in [1.54, 1.807) is 36.4 Å². The van der Waals surface area contributed by atoms with Gasteiger partial charge in [0.05, 0.1) is 22.5 Å². The number of benzene rings is 2. The first kappa shape index (κ1) is 14.0. The smallest absolute Gasteiger partial charge is 0.270 e. The van der Waals surface area contributed by atoms with Gasteiger partial charge in [-0.2, -0.15) is 0 Å². The molecule has 0 atom stereocenters. The lowest BCUT2D eigenvalue weighted by molar-refractivity contribution is 0.282. The topological polar surface area (TPSA) is 75.1 Å². The van der Waals surface area contributed by atoms with Crippen LogP contribution in [0.5, 0.6) is 0 Å². The van der Waals surface area contributed by atoms with Crippen molar-refractivity contribution in [1.82, 2.24) is 8.96 Å². The fourth-order valence-electron chi connectivity index (χ4n) is 2.17. The van der Waals surface area contributed by atoms with Crippen LogP contribution < -0.4 is 0 Å². The molecule has 0 aliphatic carbocycles. The highest BCUT2D eigenvalue weighted by Crippen LogP contribution is 2.22. The molecule has 108 valence electrons. The minimum Gasteiger partial charge on any atom is -0.392 e. The van der Waals surface area contributed by atoms with Crippen molar-refractivity contribution in [2.75, 3.05) is 0 Å². The van der Waals surface area contributed by atoms with Crippen molar-refractivity contribution in [2.45, 2.75) is 11.5 Å². The molecule has 1 aromatic heterocycles. The van der Waals surface area contributed by atoms with Crippen LogP contribution in [0.15, 0.2) is 53.4 Å². The minimum absolute atomic E-state index is 0.101. The quantitative estimate of drug-likeness (QED) is 0.727. The van der Waals surface area contributed by atoms with E-state index in [2.05, 4.69) is 4.98 Å². The summed E-state index contributed by atoms with van der Waals surface area (Å²) in [5.41, 5.74) is 1.72. The third-order valence-corrected chi connectivity index (χ3v) is 5.30. The van der Waals surface area contributed by atoms with Crippen LogP contribution in [0, 0.1) is 4.77 Å². The molecule has 0 amide bonds. The van der Waals surface area contributed by atoms with E-state index in [1.807, 2.05) is 0 Å². The summed E-state index contributed by atoms with van der Waals surface area (Å²) in [6.45, 7) is -0.118. The SMILES string of the molecule is O=S(=O)(c1ccccc1)n1c(=S)[nH]c2cc(CO)ccc21. The highest BCUT2D eigenvalue weighted by molar-refractivity contribution is 7.90. The molecular formula is C14H12N2O3S2. The molecule has 2 aromatic carbocycles. The van der Waals surface area contributed by atoms with E-state index >= 15 is 0 Å². The van der Waals surface area contributed by atoms with Crippen LogP contribution in [0.3, 0.4) is 0 Å². The standard InChI is InChI=1S/C14H12N2O3S2/c17-9-10-6-7-13-12(8-10)15-14(20)16(13)21(18,19)11-4-2-1-3-5-11/h1-8,17H,9H2,(H,15,20). The van der Waals surface area contributed by atoms with Crippen molar-refractivity contribution in [3.63, 3.8) is 0 Å². The van der Waals surface area contributed by atoms with E-state index in [4.69, 9.17) is 17.3 Å². The third-order valence-electron chi connectivity index (χ3n) is 3.17. The molecule has 0 spiro atoms. The summed E-state index contributed by atoms with van der Waals surface area (Å²) in [5, 5.41) is 9.15. The Labute approximate surface area is 126 Å². The molecule has 21 heavy (non-hydrogen) atoms. The lowest BCUT2D eigenvalue weighted by atomic mass is 10.2. The molecule has 0 bridgehead atoms. The summed E-state index contributed by atoms with van der Waals surface area (Å²) in [4.78, 5) is 3.04. The molecule has 2 N–H and O–H groups in total. The normalized spacial score (nSPS) is 11.9.